The Labute approximate surface area is 167 Å². The molecule has 2 heterocycles. The third-order valence-electron chi connectivity index (χ3n) is 4.39. The Hall–Kier alpha value is -2.99. The lowest BCUT2D eigenvalue weighted by atomic mass is 10.2. The van der Waals surface area contributed by atoms with Gasteiger partial charge in [-0.15, -0.1) is 10.2 Å². The Balaban J connectivity index is 1.61. The SMILES string of the molecule is Fc1ccccc1-c1nnc(SCCc2ccncc2)n1Cc1ccccc1. The Kier molecular flexibility index (Phi) is 5.77. The maximum Gasteiger partial charge on any atom is 0.191 e. The molecule has 0 bridgehead atoms. The van der Waals surface area contributed by atoms with Crippen molar-refractivity contribution in [3.8, 4) is 11.4 Å². The van der Waals surface area contributed by atoms with E-state index in [0.29, 0.717) is 17.9 Å². The molecule has 0 amide bonds. The molecular formula is C22H19FN4S. The maximum atomic E-state index is 14.4. The van der Waals surface area contributed by atoms with Gasteiger partial charge in [-0.3, -0.25) is 9.55 Å². The summed E-state index contributed by atoms with van der Waals surface area (Å²) in [5, 5.41) is 9.46. The highest BCUT2D eigenvalue weighted by molar-refractivity contribution is 7.99. The van der Waals surface area contributed by atoms with E-state index in [0.717, 1.165) is 22.9 Å². The van der Waals surface area contributed by atoms with Crippen molar-refractivity contribution in [2.24, 2.45) is 0 Å². The number of aromatic nitrogens is 4. The molecule has 0 aliphatic carbocycles. The first-order valence-corrected chi connectivity index (χ1v) is 10.0. The molecule has 0 unspecified atom stereocenters. The third-order valence-corrected chi connectivity index (χ3v) is 5.35. The van der Waals surface area contributed by atoms with Gasteiger partial charge >= 0.3 is 0 Å². The fourth-order valence-electron chi connectivity index (χ4n) is 2.96. The van der Waals surface area contributed by atoms with Crippen LogP contribution in [0.15, 0.2) is 84.3 Å². The average Bonchev–Trinajstić information content (AvgIpc) is 3.12. The quantitative estimate of drug-likeness (QED) is 0.423. The summed E-state index contributed by atoms with van der Waals surface area (Å²) in [6.45, 7) is 0.592. The number of benzene rings is 2. The Morgan fingerprint density at radius 2 is 1.57 bits per heavy atom. The number of pyridine rings is 1. The Morgan fingerprint density at radius 1 is 0.821 bits per heavy atom. The van der Waals surface area contributed by atoms with Crippen molar-refractivity contribution in [3.05, 3.63) is 96.1 Å². The average molecular weight is 390 g/mol. The molecule has 4 aromatic rings. The lowest BCUT2D eigenvalue weighted by Crippen LogP contribution is -2.05. The van der Waals surface area contributed by atoms with Gasteiger partial charge in [-0.05, 0) is 41.8 Å². The van der Waals surface area contributed by atoms with Crippen molar-refractivity contribution in [2.75, 3.05) is 5.75 Å². The summed E-state index contributed by atoms with van der Waals surface area (Å²) in [5.41, 5.74) is 2.81. The number of nitrogens with zero attached hydrogens (tertiary/aromatic N) is 4. The van der Waals surface area contributed by atoms with E-state index in [-0.39, 0.29) is 5.82 Å². The Bertz CT molecular complexity index is 1030. The molecule has 0 aliphatic heterocycles. The fourth-order valence-corrected chi connectivity index (χ4v) is 3.88. The minimum Gasteiger partial charge on any atom is -0.297 e. The first kappa shape index (κ1) is 18.4. The molecule has 4 rings (SSSR count). The lowest BCUT2D eigenvalue weighted by Gasteiger charge is -2.11. The zero-order valence-electron chi connectivity index (χ0n) is 15.2. The van der Waals surface area contributed by atoms with Crippen LogP contribution in [0, 0.1) is 5.82 Å². The second-order valence-electron chi connectivity index (χ2n) is 6.31. The predicted molar refractivity (Wildman–Crippen MR) is 110 cm³/mol. The summed E-state index contributed by atoms with van der Waals surface area (Å²) in [6, 6.07) is 20.8. The molecule has 0 fully saturated rings. The zero-order chi connectivity index (χ0) is 19.2. The highest BCUT2D eigenvalue weighted by Crippen LogP contribution is 2.27. The molecule has 0 N–H and O–H groups in total. The van der Waals surface area contributed by atoms with Crippen molar-refractivity contribution in [2.45, 2.75) is 18.1 Å². The van der Waals surface area contributed by atoms with Gasteiger partial charge in [-0.1, -0.05) is 54.2 Å². The van der Waals surface area contributed by atoms with Crippen LogP contribution in [0.1, 0.15) is 11.1 Å². The normalized spacial score (nSPS) is 10.9. The van der Waals surface area contributed by atoms with Crippen LogP contribution in [0.3, 0.4) is 0 Å². The van der Waals surface area contributed by atoms with Crippen LogP contribution in [-0.2, 0) is 13.0 Å². The third kappa shape index (κ3) is 4.28. The Morgan fingerprint density at radius 3 is 2.36 bits per heavy atom. The standard InChI is InChI=1S/C22H19FN4S/c23-20-9-5-4-8-19(20)21-25-26-22(27(21)16-18-6-2-1-3-7-18)28-15-12-17-10-13-24-14-11-17/h1-11,13-14H,12,15-16H2. The summed E-state index contributed by atoms with van der Waals surface area (Å²) in [6.07, 6.45) is 4.50. The molecule has 0 saturated carbocycles. The van der Waals surface area contributed by atoms with Gasteiger partial charge in [-0.25, -0.2) is 4.39 Å². The summed E-state index contributed by atoms with van der Waals surface area (Å²) < 4.78 is 16.4. The summed E-state index contributed by atoms with van der Waals surface area (Å²) >= 11 is 1.63. The number of halogens is 1. The molecular weight excluding hydrogens is 371 g/mol. The van der Waals surface area contributed by atoms with E-state index in [2.05, 4.69) is 27.3 Å². The van der Waals surface area contributed by atoms with Crippen LogP contribution in [0.2, 0.25) is 0 Å². The fraction of sp³-hybridized carbons (Fsp3) is 0.136. The molecule has 28 heavy (non-hydrogen) atoms. The molecule has 2 aromatic heterocycles. The molecule has 0 atom stereocenters. The van der Waals surface area contributed by atoms with E-state index in [1.807, 2.05) is 41.0 Å². The topological polar surface area (TPSA) is 43.6 Å². The highest BCUT2D eigenvalue weighted by Gasteiger charge is 2.17. The van der Waals surface area contributed by atoms with E-state index in [4.69, 9.17) is 0 Å². The molecule has 0 saturated heterocycles. The van der Waals surface area contributed by atoms with E-state index < -0.39 is 0 Å². The van der Waals surface area contributed by atoms with Gasteiger partial charge in [0.2, 0.25) is 0 Å². The minimum atomic E-state index is -0.294. The number of hydrogen-bond acceptors (Lipinski definition) is 4. The first-order chi connectivity index (χ1) is 13.8. The highest BCUT2D eigenvalue weighted by atomic mass is 32.2. The smallest absolute Gasteiger partial charge is 0.191 e. The van der Waals surface area contributed by atoms with Gasteiger partial charge < -0.3 is 0 Å². The molecule has 0 radical (unpaired) electrons. The van der Waals surface area contributed by atoms with E-state index in [1.165, 1.54) is 11.6 Å². The van der Waals surface area contributed by atoms with Crippen molar-refractivity contribution in [1.82, 2.24) is 19.7 Å². The van der Waals surface area contributed by atoms with Gasteiger partial charge in [0.25, 0.3) is 0 Å². The van der Waals surface area contributed by atoms with E-state index in [1.54, 1.807) is 36.3 Å². The molecule has 2 aromatic carbocycles. The van der Waals surface area contributed by atoms with Crippen molar-refractivity contribution < 1.29 is 4.39 Å². The molecule has 140 valence electrons. The van der Waals surface area contributed by atoms with Gasteiger partial charge in [0, 0.05) is 18.1 Å². The van der Waals surface area contributed by atoms with Crippen LogP contribution in [0.4, 0.5) is 4.39 Å². The minimum absolute atomic E-state index is 0.294. The summed E-state index contributed by atoms with van der Waals surface area (Å²) in [5.74, 6) is 1.11. The van der Waals surface area contributed by atoms with E-state index >= 15 is 0 Å². The van der Waals surface area contributed by atoms with Gasteiger partial charge in [0.05, 0.1) is 12.1 Å². The van der Waals surface area contributed by atoms with Gasteiger partial charge in [0.15, 0.2) is 11.0 Å². The molecule has 0 aliphatic rings. The second-order valence-corrected chi connectivity index (χ2v) is 7.37. The number of rotatable bonds is 7. The molecule has 0 spiro atoms. The van der Waals surface area contributed by atoms with Crippen LogP contribution in [0.5, 0.6) is 0 Å². The number of thioether (sulfide) groups is 1. The van der Waals surface area contributed by atoms with Crippen molar-refractivity contribution >= 4 is 11.8 Å². The predicted octanol–water partition coefficient (Wildman–Crippen LogP) is 4.86. The van der Waals surface area contributed by atoms with E-state index in [9.17, 15) is 4.39 Å². The monoisotopic (exact) mass is 390 g/mol. The largest absolute Gasteiger partial charge is 0.297 e. The van der Waals surface area contributed by atoms with Crippen LogP contribution < -0.4 is 0 Å². The van der Waals surface area contributed by atoms with Crippen molar-refractivity contribution in [3.63, 3.8) is 0 Å². The van der Waals surface area contributed by atoms with Gasteiger partial charge in [0.1, 0.15) is 5.82 Å². The van der Waals surface area contributed by atoms with Crippen molar-refractivity contribution in [1.29, 1.82) is 0 Å². The summed E-state index contributed by atoms with van der Waals surface area (Å²) in [7, 11) is 0. The molecule has 6 heteroatoms. The molecule has 4 nitrogen and oxygen atoms in total. The zero-order valence-corrected chi connectivity index (χ0v) is 16.0. The maximum absolute atomic E-state index is 14.4. The van der Waals surface area contributed by atoms with Gasteiger partial charge in [-0.2, -0.15) is 0 Å². The second kappa shape index (κ2) is 8.80. The van der Waals surface area contributed by atoms with Crippen LogP contribution in [-0.4, -0.2) is 25.5 Å². The number of hydrogen-bond donors (Lipinski definition) is 0. The lowest BCUT2D eigenvalue weighted by molar-refractivity contribution is 0.626. The van der Waals surface area contributed by atoms with Crippen LogP contribution in [0.25, 0.3) is 11.4 Å². The summed E-state index contributed by atoms with van der Waals surface area (Å²) in [4.78, 5) is 4.05. The number of aryl methyl sites for hydroxylation is 1. The first-order valence-electron chi connectivity index (χ1n) is 9.05. The van der Waals surface area contributed by atoms with Crippen LogP contribution >= 0.6 is 11.8 Å².